The Kier molecular flexibility index (Phi) is 7.81. The molecule has 2 aromatic carbocycles. The van der Waals surface area contributed by atoms with Crippen LogP contribution < -0.4 is 15.5 Å². The highest BCUT2D eigenvalue weighted by molar-refractivity contribution is 6.14. The lowest BCUT2D eigenvalue weighted by atomic mass is 9.82. The third-order valence-electron chi connectivity index (χ3n) is 7.91. The molecule has 7 heteroatoms. The van der Waals surface area contributed by atoms with Crippen LogP contribution >= 0.6 is 0 Å². The predicted octanol–water partition coefficient (Wildman–Crippen LogP) is 5.82. The van der Waals surface area contributed by atoms with Crippen molar-refractivity contribution in [3.05, 3.63) is 53.6 Å². The van der Waals surface area contributed by atoms with Gasteiger partial charge in [-0.25, -0.2) is 9.80 Å². The summed E-state index contributed by atoms with van der Waals surface area (Å²) in [5.74, 6) is 0.375. The average molecular weight is 504 g/mol. The number of carbonyl (C=O) groups excluding carboxylic acids is 1. The summed E-state index contributed by atoms with van der Waals surface area (Å²) in [7, 11) is 2.05. The van der Waals surface area contributed by atoms with E-state index in [1.54, 1.807) is 5.01 Å². The van der Waals surface area contributed by atoms with E-state index in [0.29, 0.717) is 19.1 Å². The minimum atomic E-state index is -0.0822. The van der Waals surface area contributed by atoms with Gasteiger partial charge < -0.3 is 15.4 Å². The van der Waals surface area contributed by atoms with Crippen molar-refractivity contribution in [3.8, 4) is 0 Å². The van der Waals surface area contributed by atoms with Crippen LogP contribution in [0, 0.1) is 12.8 Å². The molecule has 3 aliphatic rings. The summed E-state index contributed by atoms with van der Waals surface area (Å²) in [5, 5.41) is 7.00. The van der Waals surface area contributed by atoms with Crippen LogP contribution in [-0.4, -0.2) is 55.6 Å². The van der Waals surface area contributed by atoms with E-state index in [-0.39, 0.29) is 18.1 Å². The maximum Gasteiger partial charge on any atom is 0.349 e. The van der Waals surface area contributed by atoms with Crippen molar-refractivity contribution in [2.45, 2.75) is 70.9 Å². The zero-order chi connectivity index (χ0) is 25.9. The first-order valence-electron chi connectivity index (χ1n) is 13.9. The molecule has 1 saturated carbocycles. The topological polar surface area (TPSA) is 74.4 Å². The quantitative estimate of drug-likeness (QED) is 0.539. The molecule has 2 N–H and O–H groups in total. The van der Waals surface area contributed by atoms with E-state index >= 15 is 0 Å². The number of rotatable bonds is 6. The average Bonchev–Trinajstić information content (AvgIpc) is 3.03. The molecule has 0 spiro atoms. The Hall–Kier alpha value is -2.90. The molecule has 0 bridgehead atoms. The molecule has 37 heavy (non-hydrogen) atoms. The highest BCUT2D eigenvalue weighted by Gasteiger charge is 2.37. The van der Waals surface area contributed by atoms with Crippen molar-refractivity contribution in [2.75, 3.05) is 36.6 Å². The maximum atomic E-state index is 14.4. The third kappa shape index (κ3) is 5.53. The first kappa shape index (κ1) is 25.7. The number of hydrogen-bond acceptors (Lipinski definition) is 5. The van der Waals surface area contributed by atoms with Crippen LogP contribution in [0.4, 0.5) is 21.9 Å². The van der Waals surface area contributed by atoms with Crippen molar-refractivity contribution in [1.29, 1.82) is 0 Å². The second-order valence-electron chi connectivity index (χ2n) is 11.0. The molecule has 2 aromatic rings. The number of fused-ring (bicyclic) bond motifs is 1. The molecule has 1 saturated heterocycles. The maximum absolute atomic E-state index is 14.4. The van der Waals surface area contributed by atoms with E-state index in [1.165, 1.54) is 19.3 Å². The molecular weight excluding hydrogens is 462 g/mol. The Balaban J connectivity index is 1.60. The second-order valence-corrected chi connectivity index (χ2v) is 11.0. The van der Waals surface area contributed by atoms with E-state index in [4.69, 9.17) is 15.6 Å². The smallest absolute Gasteiger partial charge is 0.349 e. The number of likely N-dealkylation sites (N-methyl/N-ethyl adjacent to an activating group) is 1. The van der Waals surface area contributed by atoms with Crippen LogP contribution in [0.3, 0.4) is 0 Å². The van der Waals surface area contributed by atoms with Crippen LogP contribution in [0.2, 0.25) is 0 Å². The number of urea groups is 1. The summed E-state index contributed by atoms with van der Waals surface area (Å²) in [6, 6.07) is 14.8. The molecule has 2 heterocycles. The highest BCUT2D eigenvalue weighted by atomic mass is 16.5. The fraction of sp³-hybridized carbons (Fsp3) is 0.533. The van der Waals surface area contributed by atoms with Crippen LogP contribution in [0.1, 0.15) is 63.0 Å². The monoisotopic (exact) mass is 503 g/mol. The number of ether oxygens (including phenoxy) is 1. The number of amides is 2. The minimum Gasteiger partial charge on any atom is -0.381 e. The van der Waals surface area contributed by atoms with Crippen molar-refractivity contribution >= 4 is 28.8 Å². The molecule has 1 unspecified atom stereocenters. The molecule has 2 fully saturated rings. The van der Waals surface area contributed by atoms with Gasteiger partial charge in [0.05, 0.1) is 23.1 Å². The van der Waals surface area contributed by atoms with Crippen LogP contribution in [0.15, 0.2) is 47.6 Å². The lowest BCUT2D eigenvalue weighted by Crippen LogP contribution is -2.45. The number of carbonyl (C=O) groups is 1. The van der Waals surface area contributed by atoms with E-state index < -0.39 is 0 Å². The number of aryl methyl sites for hydroxylation is 1. The number of nitrogens with two attached hydrogens (primary N) is 1. The van der Waals surface area contributed by atoms with Gasteiger partial charge in [-0.05, 0) is 75.4 Å². The fourth-order valence-corrected chi connectivity index (χ4v) is 5.95. The summed E-state index contributed by atoms with van der Waals surface area (Å²) < 4.78 is 5.64. The summed E-state index contributed by atoms with van der Waals surface area (Å²) in [6.07, 6.45) is 7.58. The molecule has 0 aromatic heterocycles. The Labute approximate surface area is 221 Å². The van der Waals surface area contributed by atoms with Gasteiger partial charge >= 0.3 is 6.03 Å². The van der Waals surface area contributed by atoms with Crippen molar-refractivity contribution in [2.24, 2.45) is 16.8 Å². The van der Waals surface area contributed by atoms with Crippen molar-refractivity contribution in [3.63, 3.8) is 0 Å². The standard InChI is InChI=1S/C30H41N5O2/c1-21-9-14-27-28(19-21)34(25-12-10-24(11-13-25)33(3)20-22(2)31)30(36)35(26-15-17-37-18-16-26)32-29(27)23-7-5-4-6-8-23/h9-14,19,22-23,26H,4-8,15-18,20,31H2,1-3H3. The summed E-state index contributed by atoms with van der Waals surface area (Å²) in [5.41, 5.74) is 12.2. The Morgan fingerprint density at radius 3 is 2.43 bits per heavy atom. The summed E-state index contributed by atoms with van der Waals surface area (Å²) >= 11 is 0. The van der Waals surface area contributed by atoms with Crippen molar-refractivity contribution in [1.82, 2.24) is 5.01 Å². The van der Waals surface area contributed by atoms with E-state index in [0.717, 1.165) is 66.1 Å². The molecule has 198 valence electrons. The molecule has 7 nitrogen and oxygen atoms in total. The Bertz CT molecular complexity index is 1120. The number of benzene rings is 2. The zero-order valence-electron chi connectivity index (χ0n) is 22.5. The van der Waals surface area contributed by atoms with E-state index in [9.17, 15) is 4.79 Å². The largest absolute Gasteiger partial charge is 0.381 e. The number of anilines is 3. The van der Waals surface area contributed by atoms with Gasteiger partial charge in [-0.1, -0.05) is 31.4 Å². The first-order valence-corrected chi connectivity index (χ1v) is 13.9. The SMILES string of the molecule is Cc1ccc2c(c1)N(c1ccc(N(C)CC(C)N)cc1)C(=O)N(C1CCOCC1)N=C2C1CCCCC1. The molecule has 2 amide bonds. The van der Waals surface area contributed by atoms with Gasteiger partial charge in [0.25, 0.3) is 0 Å². The van der Waals surface area contributed by atoms with Gasteiger partial charge in [0.1, 0.15) is 0 Å². The van der Waals surface area contributed by atoms with Crippen LogP contribution in [-0.2, 0) is 4.74 Å². The normalized spacial score (nSPS) is 20.3. The minimum absolute atomic E-state index is 0.0363. The second kappa shape index (κ2) is 11.2. The number of nitrogens with zero attached hydrogens (tertiary/aromatic N) is 4. The van der Waals surface area contributed by atoms with Gasteiger partial charge in [-0.2, -0.15) is 5.10 Å². The van der Waals surface area contributed by atoms with Gasteiger partial charge in [-0.15, -0.1) is 0 Å². The van der Waals surface area contributed by atoms with Gasteiger partial charge in [0.15, 0.2) is 0 Å². The third-order valence-corrected chi connectivity index (χ3v) is 7.91. The zero-order valence-corrected chi connectivity index (χ0v) is 22.5. The lowest BCUT2D eigenvalue weighted by molar-refractivity contribution is 0.0480. The molecular formula is C30H41N5O2. The molecule has 1 aliphatic carbocycles. The number of hydrazone groups is 1. The Morgan fingerprint density at radius 1 is 1.05 bits per heavy atom. The van der Waals surface area contributed by atoms with Crippen LogP contribution in [0.5, 0.6) is 0 Å². The first-order chi connectivity index (χ1) is 17.9. The summed E-state index contributed by atoms with van der Waals surface area (Å²) in [4.78, 5) is 18.4. The fourth-order valence-electron chi connectivity index (χ4n) is 5.95. The molecule has 0 radical (unpaired) electrons. The summed E-state index contributed by atoms with van der Waals surface area (Å²) in [6.45, 7) is 6.19. The predicted molar refractivity (Wildman–Crippen MR) is 151 cm³/mol. The molecule has 1 atom stereocenters. The van der Waals surface area contributed by atoms with Gasteiger partial charge in [-0.3, -0.25) is 4.90 Å². The molecule has 2 aliphatic heterocycles. The Morgan fingerprint density at radius 2 is 1.76 bits per heavy atom. The van der Waals surface area contributed by atoms with E-state index in [1.807, 2.05) is 31.0 Å². The molecule has 5 rings (SSSR count). The van der Waals surface area contributed by atoms with E-state index in [2.05, 4.69) is 42.2 Å². The van der Waals surface area contributed by atoms with Gasteiger partial charge in [0.2, 0.25) is 0 Å². The lowest BCUT2D eigenvalue weighted by Gasteiger charge is -2.34. The number of hydrogen-bond donors (Lipinski definition) is 1. The van der Waals surface area contributed by atoms with Crippen molar-refractivity contribution < 1.29 is 9.53 Å². The highest BCUT2D eigenvalue weighted by Crippen LogP contribution is 2.39. The van der Waals surface area contributed by atoms with Crippen LogP contribution in [0.25, 0.3) is 0 Å². The van der Waals surface area contributed by atoms with Gasteiger partial charge in [0, 0.05) is 50.0 Å².